The normalized spacial score (nSPS) is 10.7. The molecule has 2 heteroatoms. The van der Waals surface area contributed by atoms with Gasteiger partial charge in [0.15, 0.2) is 0 Å². The fourth-order valence-corrected chi connectivity index (χ4v) is 2.08. The Labute approximate surface area is 110 Å². The number of hydrogen-bond donors (Lipinski definition) is 0. The minimum Gasteiger partial charge on any atom is -0.497 e. The molecular formula is C16H24O2. The van der Waals surface area contributed by atoms with E-state index in [-0.39, 0.29) is 0 Å². The highest BCUT2D eigenvalue weighted by atomic mass is 16.5. The van der Waals surface area contributed by atoms with Gasteiger partial charge in [0.05, 0.1) is 7.11 Å². The van der Waals surface area contributed by atoms with Gasteiger partial charge in [0.1, 0.15) is 11.5 Å². The lowest BCUT2D eigenvalue weighted by Gasteiger charge is -2.10. The van der Waals surface area contributed by atoms with Gasteiger partial charge in [0.2, 0.25) is 0 Å². The van der Waals surface area contributed by atoms with E-state index < -0.39 is 0 Å². The van der Waals surface area contributed by atoms with Crippen LogP contribution in [0.1, 0.15) is 45.1 Å². The van der Waals surface area contributed by atoms with Crippen molar-refractivity contribution in [1.82, 2.24) is 0 Å². The Hall–Kier alpha value is -1.31. The van der Waals surface area contributed by atoms with Crippen LogP contribution in [-0.2, 0) is 11.2 Å². The van der Waals surface area contributed by atoms with E-state index in [0.717, 1.165) is 31.4 Å². The minimum absolute atomic E-state index is 0.388. The number of ketones is 1. The number of carbonyl (C=O) groups is 1. The molecule has 0 unspecified atom stereocenters. The molecule has 0 aliphatic carbocycles. The molecule has 0 N–H and O–H groups in total. The first kappa shape index (κ1) is 14.7. The van der Waals surface area contributed by atoms with Crippen LogP contribution in [0.15, 0.2) is 24.3 Å². The molecule has 0 saturated carbocycles. The van der Waals surface area contributed by atoms with Gasteiger partial charge in [-0.3, -0.25) is 4.79 Å². The number of aryl methyl sites for hydroxylation is 1. The Morgan fingerprint density at radius 2 is 1.78 bits per heavy atom. The number of rotatable bonds is 8. The lowest BCUT2D eigenvalue weighted by Crippen LogP contribution is -2.07. The van der Waals surface area contributed by atoms with E-state index in [1.807, 2.05) is 24.3 Å². The zero-order chi connectivity index (χ0) is 13.4. The van der Waals surface area contributed by atoms with Gasteiger partial charge in [-0.2, -0.15) is 0 Å². The van der Waals surface area contributed by atoms with Crippen LogP contribution in [0, 0.1) is 5.92 Å². The summed E-state index contributed by atoms with van der Waals surface area (Å²) >= 11 is 0. The molecule has 1 aromatic carbocycles. The molecule has 0 spiro atoms. The van der Waals surface area contributed by atoms with Gasteiger partial charge in [-0.25, -0.2) is 0 Å². The number of Topliss-reactive ketones (excluding diaryl/α,β-unsaturated/α-hetero) is 1. The van der Waals surface area contributed by atoms with Crippen LogP contribution in [0.4, 0.5) is 0 Å². The highest BCUT2D eigenvalue weighted by Crippen LogP contribution is 2.16. The van der Waals surface area contributed by atoms with E-state index in [9.17, 15) is 4.79 Å². The second-order valence-corrected chi connectivity index (χ2v) is 4.77. The lowest BCUT2D eigenvalue weighted by molar-refractivity contribution is -0.120. The Morgan fingerprint density at radius 1 is 1.17 bits per heavy atom. The molecule has 1 aromatic rings. The summed E-state index contributed by atoms with van der Waals surface area (Å²) in [5.74, 6) is 1.81. The minimum atomic E-state index is 0.388. The Kier molecular flexibility index (Phi) is 6.48. The van der Waals surface area contributed by atoms with Crippen LogP contribution in [0.3, 0.4) is 0 Å². The Balaban J connectivity index is 2.37. The van der Waals surface area contributed by atoms with Crippen LogP contribution < -0.4 is 4.74 Å². The maximum atomic E-state index is 11.8. The summed E-state index contributed by atoms with van der Waals surface area (Å²) in [4.78, 5) is 11.8. The molecule has 0 aromatic heterocycles. The molecular weight excluding hydrogens is 224 g/mol. The highest BCUT2D eigenvalue weighted by molar-refractivity contribution is 5.78. The monoisotopic (exact) mass is 248 g/mol. The van der Waals surface area contributed by atoms with Crippen molar-refractivity contribution in [1.29, 1.82) is 0 Å². The molecule has 0 amide bonds. The molecule has 0 aliphatic heterocycles. The Morgan fingerprint density at radius 3 is 2.28 bits per heavy atom. The zero-order valence-electron chi connectivity index (χ0n) is 11.7. The van der Waals surface area contributed by atoms with Crippen LogP contribution in [0.25, 0.3) is 0 Å². The molecule has 1 rings (SSSR count). The highest BCUT2D eigenvalue weighted by Gasteiger charge is 2.10. The SMILES string of the molecule is CCC(CC)CC(=O)CCc1ccc(OC)cc1. The topological polar surface area (TPSA) is 26.3 Å². The second kappa shape index (κ2) is 7.91. The van der Waals surface area contributed by atoms with E-state index in [1.165, 1.54) is 5.56 Å². The third kappa shape index (κ3) is 4.91. The van der Waals surface area contributed by atoms with Gasteiger partial charge < -0.3 is 4.74 Å². The average Bonchev–Trinajstić information content (AvgIpc) is 2.43. The molecule has 0 aliphatic rings. The van der Waals surface area contributed by atoms with Gasteiger partial charge in [0.25, 0.3) is 0 Å². The summed E-state index contributed by atoms with van der Waals surface area (Å²) in [6, 6.07) is 7.95. The largest absolute Gasteiger partial charge is 0.497 e. The predicted molar refractivity (Wildman–Crippen MR) is 75.0 cm³/mol. The maximum Gasteiger partial charge on any atom is 0.133 e. The third-order valence-corrected chi connectivity index (χ3v) is 3.52. The summed E-state index contributed by atoms with van der Waals surface area (Å²) < 4.78 is 5.11. The molecule has 0 bridgehead atoms. The fourth-order valence-electron chi connectivity index (χ4n) is 2.08. The summed E-state index contributed by atoms with van der Waals surface area (Å²) in [6.45, 7) is 4.32. The molecule has 0 saturated heterocycles. The van der Waals surface area contributed by atoms with Crippen molar-refractivity contribution in [2.45, 2.75) is 46.0 Å². The average molecular weight is 248 g/mol. The van der Waals surface area contributed by atoms with Gasteiger partial charge in [0, 0.05) is 12.8 Å². The fraction of sp³-hybridized carbons (Fsp3) is 0.562. The first-order valence-electron chi connectivity index (χ1n) is 6.84. The van der Waals surface area contributed by atoms with Crippen molar-refractivity contribution in [2.75, 3.05) is 7.11 Å². The number of benzene rings is 1. The summed E-state index contributed by atoms with van der Waals surface area (Å²) in [7, 11) is 1.66. The smallest absolute Gasteiger partial charge is 0.133 e. The predicted octanol–water partition coefficient (Wildman–Crippen LogP) is 4.02. The first-order valence-corrected chi connectivity index (χ1v) is 6.84. The summed E-state index contributed by atoms with van der Waals surface area (Å²) in [6.07, 6.45) is 4.44. The molecule has 0 fully saturated rings. The van der Waals surface area contributed by atoms with E-state index in [0.29, 0.717) is 18.1 Å². The van der Waals surface area contributed by atoms with E-state index in [2.05, 4.69) is 13.8 Å². The molecule has 18 heavy (non-hydrogen) atoms. The summed E-state index contributed by atoms with van der Waals surface area (Å²) in [5.41, 5.74) is 1.20. The number of ether oxygens (including phenoxy) is 1. The number of methoxy groups -OCH3 is 1. The Bertz CT molecular complexity index is 350. The van der Waals surface area contributed by atoms with Gasteiger partial charge in [-0.15, -0.1) is 0 Å². The van der Waals surface area contributed by atoms with Crippen LogP contribution >= 0.6 is 0 Å². The maximum absolute atomic E-state index is 11.8. The van der Waals surface area contributed by atoms with Crippen molar-refractivity contribution >= 4 is 5.78 Å². The molecule has 2 nitrogen and oxygen atoms in total. The van der Waals surface area contributed by atoms with Crippen molar-refractivity contribution in [2.24, 2.45) is 5.92 Å². The van der Waals surface area contributed by atoms with Gasteiger partial charge >= 0.3 is 0 Å². The second-order valence-electron chi connectivity index (χ2n) is 4.77. The molecule has 0 heterocycles. The lowest BCUT2D eigenvalue weighted by atomic mass is 9.94. The molecule has 100 valence electrons. The number of carbonyl (C=O) groups excluding carboxylic acids is 1. The van der Waals surface area contributed by atoms with Gasteiger partial charge in [-0.1, -0.05) is 38.8 Å². The van der Waals surface area contributed by atoms with Crippen LogP contribution in [0.5, 0.6) is 5.75 Å². The summed E-state index contributed by atoms with van der Waals surface area (Å²) in [5, 5.41) is 0. The number of hydrogen-bond acceptors (Lipinski definition) is 2. The van der Waals surface area contributed by atoms with Crippen molar-refractivity contribution in [3.63, 3.8) is 0 Å². The molecule has 0 radical (unpaired) electrons. The van der Waals surface area contributed by atoms with E-state index in [1.54, 1.807) is 7.11 Å². The van der Waals surface area contributed by atoms with Crippen molar-refractivity contribution in [3.8, 4) is 5.75 Å². The van der Waals surface area contributed by atoms with Crippen LogP contribution in [-0.4, -0.2) is 12.9 Å². The first-order chi connectivity index (χ1) is 8.69. The molecule has 0 atom stereocenters. The van der Waals surface area contributed by atoms with Gasteiger partial charge in [-0.05, 0) is 30.0 Å². The standard InChI is InChI=1S/C16H24O2/c1-4-13(5-2)12-15(17)9-6-14-7-10-16(18-3)11-8-14/h7-8,10-11,13H,4-6,9,12H2,1-3H3. The van der Waals surface area contributed by atoms with Crippen molar-refractivity contribution < 1.29 is 9.53 Å². The zero-order valence-corrected chi connectivity index (χ0v) is 11.7. The third-order valence-electron chi connectivity index (χ3n) is 3.52. The van der Waals surface area contributed by atoms with E-state index in [4.69, 9.17) is 4.74 Å². The quantitative estimate of drug-likeness (QED) is 0.694. The van der Waals surface area contributed by atoms with E-state index >= 15 is 0 Å². The van der Waals surface area contributed by atoms with Crippen LogP contribution in [0.2, 0.25) is 0 Å². The van der Waals surface area contributed by atoms with Crippen molar-refractivity contribution in [3.05, 3.63) is 29.8 Å².